The van der Waals surface area contributed by atoms with Crippen molar-refractivity contribution >= 4 is 22.4 Å². The second-order valence-electron chi connectivity index (χ2n) is 4.61. The number of pyridine rings is 1. The number of hydrogen-bond acceptors (Lipinski definition) is 5. The molecule has 0 bridgehead atoms. The Bertz CT molecular complexity index is 650. The number of carbonyl (C=O) groups is 1. The number of nitrogens with one attached hydrogen (secondary N) is 1. The number of aromatic nitrogens is 2. The average molecular weight is 306 g/mol. The van der Waals surface area contributed by atoms with Crippen molar-refractivity contribution in [1.82, 2.24) is 14.9 Å². The van der Waals surface area contributed by atoms with Crippen LogP contribution >= 0.6 is 11.3 Å². The van der Waals surface area contributed by atoms with Crippen LogP contribution in [0.3, 0.4) is 0 Å². The first-order valence-electron chi connectivity index (χ1n) is 6.77. The summed E-state index contributed by atoms with van der Waals surface area (Å²) in [6, 6.07) is 5.06. The second-order valence-corrected chi connectivity index (χ2v) is 5.50. The van der Waals surface area contributed by atoms with Crippen LogP contribution in [0.5, 0.6) is 0 Å². The van der Waals surface area contributed by atoms with E-state index in [-0.39, 0.29) is 11.5 Å². The van der Waals surface area contributed by atoms with Gasteiger partial charge in [0.2, 0.25) is 11.5 Å². The summed E-state index contributed by atoms with van der Waals surface area (Å²) in [5.74, 6) is -0.0121. The normalized spacial score (nSPS) is 10.5. The molecule has 2 heterocycles. The Hall–Kier alpha value is -2.15. The third kappa shape index (κ3) is 5.03. The molecule has 6 nitrogen and oxygen atoms in total. The van der Waals surface area contributed by atoms with Crippen molar-refractivity contribution in [1.29, 1.82) is 0 Å². The zero-order chi connectivity index (χ0) is 15.1. The van der Waals surface area contributed by atoms with Gasteiger partial charge in [0.1, 0.15) is 0 Å². The number of anilines is 1. The van der Waals surface area contributed by atoms with Gasteiger partial charge in [-0.15, -0.1) is 11.3 Å². The van der Waals surface area contributed by atoms with Gasteiger partial charge in [0.25, 0.3) is 0 Å². The number of hydrogen-bond donors (Lipinski definition) is 2. The van der Waals surface area contributed by atoms with Crippen LogP contribution in [0, 0.1) is 0 Å². The number of aryl methyl sites for hydroxylation is 2. The standard InChI is InChI=1S/C14H18N4O2S/c15-14-17-11(10-21-14)5-6-12(19)16-7-3-9-18-8-2-1-4-13(18)20/h1-2,4,8,10H,3,5-7,9H2,(H2,15,17)(H,16,19). The SMILES string of the molecule is Nc1nc(CCC(=O)NCCCn2ccccc2=O)cs1. The molecule has 0 aliphatic heterocycles. The van der Waals surface area contributed by atoms with E-state index < -0.39 is 0 Å². The van der Waals surface area contributed by atoms with Gasteiger partial charge in [0.15, 0.2) is 5.13 Å². The van der Waals surface area contributed by atoms with Crippen molar-refractivity contribution in [2.24, 2.45) is 0 Å². The van der Waals surface area contributed by atoms with Gasteiger partial charge < -0.3 is 15.6 Å². The Morgan fingerprint density at radius 3 is 3.00 bits per heavy atom. The molecule has 3 N–H and O–H groups in total. The number of rotatable bonds is 7. The van der Waals surface area contributed by atoms with Gasteiger partial charge in [-0.25, -0.2) is 4.98 Å². The lowest BCUT2D eigenvalue weighted by Gasteiger charge is -2.06. The lowest BCUT2D eigenvalue weighted by Crippen LogP contribution is -2.27. The maximum Gasteiger partial charge on any atom is 0.250 e. The van der Waals surface area contributed by atoms with Gasteiger partial charge in [0, 0.05) is 37.2 Å². The van der Waals surface area contributed by atoms with E-state index in [0.29, 0.717) is 31.1 Å². The van der Waals surface area contributed by atoms with E-state index in [9.17, 15) is 9.59 Å². The lowest BCUT2D eigenvalue weighted by molar-refractivity contribution is -0.121. The molecule has 0 fully saturated rings. The minimum absolute atomic E-state index is 0.0121. The zero-order valence-corrected chi connectivity index (χ0v) is 12.4. The molecule has 7 heteroatoms. The summed E-state index contributed by atoms with van der Waals surface area (Å²) in [6.45, 7) is 1.15. The summed E-state index contributed by atoms with van der Waals surface area (Å²) in [6.07, 6.45) is 3.46. The predicted molar refractivity (Wildman–Crippen MR) is 83.2 cm³/mol. The van der Waals surface area contributed by atoms with Crippen molar-refractivity contribution in [2.45, 2.75) is 25.8 Å². The zero-order valence-electron chi connectivity index (χ0n) is 11.6. The first-order chi connectivity index (χ1) is 10.1. The number of nitrogens with two attached hydrogens (primary N) is 1. The Morgan fingerprint density at radius 2 is 2.29 bits per heavy atom. The molecular formula is C14H18N4O2S. The summed E-state index contributed by atoms with van der Waals surface area (Å²) < 4.78 is 1.63. The van der Waals surface area contributed by atoms with Crippen molar-refractivity contribution in [3.8, 4) is 0 Å². The van der Waals surface area contributed by atoms with Crippen LogP contribution in [0.4, 0.5) is 5.13 Å². The van der Waals surface area contributed by atoms with E-state index in [1.165, 1.54) is 17.4 Å². The van der Waals surface area contributed by atoms with Crippen LogP contribution in [-0.4, -0.2) is 22.0 Å². The maximum atomic E-state index is 11.7. The number of carbonyl (C=O) groups excluding carboxylic acids is 1. The fourth-order valence-electron chi connectivity index (χ4n) is 1.89. The predicted octanol–water partition coefficient (Wildman–Crippen LogP) is 1.03. The molecule has 2 rings (SSSR count). The largest absolute Gasteiger partial charge is 0.375 e. The molecule has 1 amide bonds. The van der Waals surface area contributed by atoms with Crippen LogP contribution < -0.4 is 16.6 Å². The van der Waals surface area contributed by atoms with Crippen molar-refractivity contribution in [2.75, 3.05) is 12.3 Å². The second kappa shape index (κ2) is 7.58. The Morgan fingerprint density at radius 1 is 1.43 bits per heavy atom. The van der Waals surface area contributed by atoms with Crippen molar-refractivity contribution in [3.05, 3.63) is 45.8 Å². The van der Waals surface area contributed by atoms with E-state index in [2.05, 4.69) is 10.3 Å². The molecule has 0 saturated carbocycles. The van der Waals surface area contributed by atoms with Crippen LogP contribution in [0.1, 0.15) is 18.5 Å². The summed E-state index contributed by atoms with van der Waals surface area (Å²) in [5, 5.41) is 5.23. The first-order valence-corrected chi connectivity index (χ1v) is 7.65. The molecule has 0 spiro atoms. The number of nitrogen functional groups attached to an aromatic ring is 1. The Balaban J connectivity index is 1.63. The Labute approximate surface area is 126 Å². The highest BCUT2D eigenvalue weighted by atomic mass is 32.1. The molecule has 0 unspecified atom stereocenters. The van der Waals surface area contributed by atoms with E-state index >= 15 is 0 Å². The fraction of sp³-hybridized carbons (Fsp3) is 0.357. The smallest absolute Gasteiger partial charge is 0.250 e. The molecule has 0 radical (unpaired) electrons. The van der Waals surface area contributed by atoms with E-state index in [1.807, 2.05) is 11.4 Å². The van der Waals surface area contributed by atoms with Gasteiger partial charge in [-0.3, -0.25) is 9.59 Å². The molecule has 2 aromatic rings. The molecular weight excluding hydrogens is 288 g/mol. The van der Waals surface area contributed by atoms with Crippen molar-refractivity contribution in [3.63, 3.8) is 0 Å². The van der Waals surface area contributed by atoms with Gasteiger partial charge >= 0.3 is 0 Å². The van der Waals surface area contributed by atoms with E-state index in [0.717, 1.165) is 12.1 Å². The van der Waals surface area contributed by atoms with Gasteiger partial charge in [-0.05, 0) is 18.9 Å². The first kappa shape index (κ1) is 15.2. The van der Waals surface area contributed by atoms with Crippen LogP contribution in [0.2, 0.25) is 0 Å². The Kier molecular flexibility index (Phi) is 5.51. The highest BCUT2D eigenvalue weighted by Gasteiger charge is 2.04. The van der Waals surface area contributed by atoms with Gasteiger partial charge in [-0.1, -0.05) is 6.07 Å². The summed E-state index contributed by atoms with van der Waals surface area (Å²) in [4.78, 5) is 27.2. The minimum atomic E-state index is -0.0232. The number of thiazole rings is 1. The van der Waals surface area contributed by atoms with E-state index in [4.69, 9.17) is 5.73 Å². The molecule has 0 saturated heterocycles. The lowest BCUT2D eigenvalue weighted by atomic mass is 10.2. The highest BCUT2D eigenvalue weighted by Crippen LogP contribution is 2.12. The number of nitrogens with zero attached hydrogens (tertiary/aromatic N) is 2. The summed E-state index contributed by atoms with van der Waals surface area (Å²) in [5.41, 5.74) is 6.36. The molecule has 21 heavy (non-hydrogen) atoms. The minimum Gasteiger partial charge on any atom is -0.375 e. The molecule has 0 aromatic carbocycles. The van der Waals surface area contributed by atoms with Crippen LogP contribution in [0.25, 0.3) is 0 Å². The molecule has 0 atom stereocenters. The van der Waals surface area contributed by atoms with Gasteiger partial charge in [0.05, 0.1) is 5.69 Å². The van der Waals surface area contributed by atoms with Crippen LogP contribution in [0.15, 0.2) is 34.6 Å². The molecule has 112 valence electrons. The maximum absolute atomic E-state index is 11.7. The molecule has 0 aliphatic rings. The number of amides is 1. The third-order valence-corrected chi connectivity index (χ3v) is 3.70. The third-order valence-electron chi connectivity index (χ3n) is 2.97. The highest BCUT2D eigenvalue weighted by molar-refractivity contribution is 7.13. The van der Waals surface area contributed by atoms with Gasteiger partial charge in [-0.2, -0.15) is 0 Å². The monoisotopic (exact) mass is 306 g/mol. The average Bonchev–Trinajstić information content (AvgIpc) is 2.89. The quantitative estimate of drug-likeness (QED) is 0.748. The molecule has 0 aliphatic carbocycles. The van der Waals surface area contributed by atoms with E-state index in [1.54, 1.807) is 16.8 Å². The molecule has 2 aromatic heterocycles. The fourth-order valence-corrected chi connectivity index (χ4v) is 2.49. The van der Waals surface area contributed by atoms with Crippen molar-refractivity contribution < 1.29 is 4.79 Å². The topological polar surface area (TPSA) is 90.0 Å². The summed E-state index contributed by atoms with van der Waals surface area (Å²) >= 11 is 1.38. The van der Waals surface area contributed by atoms with Crippen LogP contribution in [-0.2, 0) is 17.8 Å². The summed E-state index contributed by atoms with van der Waals surface area (Å²) in [7, 11) is 0.